The van der Waals surface area contributed by atoms with E-state index in [0.717, 1.165) is 36.9 Å². The highest BCUT2D eigenvalue weighted by Gasteiger charge is 2.25. The third-order valence-corrected chi connectivity index (χ3v) is 6.37. The van der Waals surface area contributed by atoms with Crippen molar-refractivity contribution in [3.05, 3.63) is 82.9 Å². The molecule has 2 amide bonds. The number of benzene rings is 2. The molecule has 1 saturated carbocycles. The second-order valence-corrected chi connectivity index (χ2v) is 9.05. The van der Waals surface area contributed by atoms with E-state index in [1.165, 1.54) is 25.0 Å². The minimum atomic E-state index is -0.303. The fraction of sp³-hybridized carbons (Fsp3) is 0.333. The highest BCUT2D eigenvalue weighted by Crippen LogP contribution is 2.27. The standard InChI is InChI=1S/C27H29ClFN3O2/c1-19-8-17-25(26(28)30-19)31-27(33)32(22-6-4-2-3-5-7-22)18-20-9-13-23(14-10-20)34-24-15-11-21(29)12-16-24/h8-17,22H,2-7,18H2,1H3,(H,31,33). The van der Waals surface area contributed by atoms with Gasteiger partial charge in [-0.05, 0) is 73.9 Å². The van der Waals surface area contributed by atoms with E-state index in [1.54, 1.807) is 18.2 Å². The molecular formula is C27H29ClFN3O2. The summed E-state index contributed by atoms with van der Waals surface area (Å²) in [5, 5.41) is 3.25. The second-order valence-electron chi connectivity index (χ2n) is 8.69. The van der Waals surface area contributed by atoms with Crippen molar-refractivity contribution in [2.24, 2.45) is 0 Å². The number of carbonyl (C=O) groups is 1. The van der Waals surface area contributed by atoms with Crippen LogP contribution in [0.3, 0.4) is 0 Å². The van der Waals surface area contributed by atoms with E-state index in [0.29, 0.717) is 23.7 Å². The second kappa shape index (κ2) is 11.3. The molecule has 5 nitrogen and oxygen atoms in total. The van der Waals surface area contributed by atoms with Crippen LogP contribution in [0.4, 0.5) is 14.9 Å². The third-order valence-electron chi connectivity index (χ3n) is 6.08. The van der Waals surface area contributed by atoms with E-state index in [-0.39, 0.29) is 23.0 Å². The predicted molar refractivity (Wildman–Crippen MR) is 133 cm³/mol. The Balaban J connectivity index is 1.49. The number of ether oxygens (including phenoxy) is 1. The van der Waals surface area contributed by atoms with Crippen LogP contribution < -0.4 is 10.1 Å². The molecule has 178 valence electrons. The van der Waals surface area contributed by atoms with Crippen molar-refractivity contribution in [1.82, 2.24) is 9.88 Å². The maximum Gasteiger partial charge on any atom is 0.322 e. The number of aromatic nitrogens is 1. The first kappa shape index (κ1) is 24.0. The lowest BCUT2D eigenvalue weighted by molar-refractivity contribution is 0.175. The van der Waals surface area contributed by atoms with Crippen molar-refractivity contribution in [3.63, 3.8) is 0 Å². The molecule has 1 aliphatic rings. The first-order valence-electron chi connectivity index (χ1n) is 11.7. The molecule has 7 heteroatoms. The molecular weight excluding hydrogens is 453 g/mol. The van der Waals surface area contributed by atoms with Gasteiger partial charge in [-0.1, -0.05) is 49.4 Å². The Labute approximate surface area is 204 Å². The fourth-order valence-corrected chi connectivity index (χ4v) is 4.48. The smallest absolute Gasteiger partial charge is 0.322 e. The molecule has 0 atom stereocenters. The Bertz CT molecular complexity index is 1100. The van der Waals surface area contributed by atoms with Crippen LogP contribution in [-0.4, -0.2) is 22.0 Å². The number of urea groups is 1. The predicted octanol–water partition coefficient (Wildman–Crippen LogP) is 7.73. The van der Waals surface area contributed by atoms with Crippen LogP contribution in [0.1, 0.15) is 49.8 Å². The lowest BCUT2D eigenvalue weighted by Gasteiger charge is -2.31. The molecule has 3 aromatic rings. The van der Waals surface area contributed by atoms with Crippen molar-refractivity contribution in [1.29, 1.82) is 0 Å². The van der Waals surface area contributed by atoms with E-state index in [4.69, 9.17) is 16.3 Å². The molecule has 0 spiro atoms. The highest BCUT2D eigenvalue weighted by molar-refractivity contribution is 6.32. The quantitative estimate of drug-likeness (QED) is 0.289. The average molecular weight is 482 g/mol. The van der Waals surface area contributed by atoms with Crippen LogP contribution in [0.15, 0.2) is 60.7 Å². The van der Waals surface area contributed by atoms with Crippen molar-refractivity contribution in [2.75, 3.05) is 5.32 Å². The minimum absolute atomic E-state index is 0.162. The molecule has 1 aliphatic carbocycles. The third kappa shape index (κ3) is 6.48. The number of nitrogens with zero attached hydrogens (tertiary/aromatic N) is 2. The van der Waals surface area contributed by atoms with Gasteiger partial charge in [0.05, 0.1) is 5.69 Å². The maximum absolute atomic E-state index is 13.4. The number of nitrogens with one attached hydrogen (secondary N) is 1. The molecule has 2 aromatic carbocycles. The topological polar surface area (TPSA) is 54.5 Å². The Morgan fingerprint density at radius 1 is 1.00 bits per heavy atom. The van der Waals surface area contributed by atoms with Gasteiger partial charge in [0.1, 0.15) is 17.3 Å². The summed E-state index contributed by atoms with van der Waals surface area (Å²) >= 11 is 6.26. The van der Waals surface area contributed by atoms with E-state index in [2.05, 4.69) is 10.3 Å². The monoisotopic (exact) mass is 481 g/mol. The van der Waals surface area contributed by atoms with Gasteiger partial charge >= 0.3 is 6.03 Å². The van der Waals surface area contributed by atoms with Gasteiger partial charge in [0, 0.05) is 18.3 Å². The van der Waals surface area contributed by atoms with Crippen LogP contribution in [0.5, 0.6) is 11.5 Å². The molecule has 0 aliphatic heterocycles. The van der Waals surface area contributed by atoms with Crippen LogP contribution in [0.2, 0.25) is 5.15 Å². The van der Waals surface area contributed by atoms with Gasteiger partial charge in [0.2, 0.25) is 0 Å². The zero-order valence-corrected chi connectivity index (χ0v) is 20.0. The average Bonchev–Trinajstić information content (AvgIpc) is 3.11. The zero-order chi connectivity index (χ0) is 23.9. The van der Waals surface area contributed by atoms with E-state index in [1.807, 2.05) is 42.2 Å². The summed E-state index contributed by atoms with van der Waals surface area (Å²) in [6, 6.07) is 17.1. The van der Waals surface area contributed by atoms with Gasteiger partial charge in [0.15, 0.2) is 5.15 Å². The molecule has 1 fully saturated rings. The highest BCUT2D eigenvalue weighted by atomic mass is 35.5. The van der Waals surface area contributed by atoms with Gasteiger partial charge < -0.3 is 15.0 Å². The van der Waals surface area contributed by atoms with Crippen LogP contribution in [0.25, 0.3) is 0 Å². The van der Waals surface area contributed by atoms with Gasteiger partial charge in [-0.15, -0.1) is 0 Å². The molecule has 0 bridgehead atoms. The number of hydrogen-bond donors (Lipinski definition) is 1. The number of pyridine rings is 1. The number of carbonyl (C=O) groups excluding carboxylic acids is 1. The van der Waals surface area contributed by atoms with Crippen molar-refractivity contribution in [3.8, 4) is 11.5 Å². The first-order valence-corrected chi connectivity index (χ1v) is 12.1. The Morgan fingerprint density at radius 2 is 1.62 bits per heavy atom. The number of amides is 2. The number of anilines is 1. The van der Waals surface area contributed by atoms with Gasteiger partial charge in [-0.2, -0.15) is 0 Å². The summed E-state index contributed by atoms with van der Waals surface area (Å²) < 4.78 is 18.9. The molecule has 1 aromatic heterocycles. The Kier molecular flexibility index (Phi) is 8.01. The van der Waals surface area contributed by atoms with E-state index < -0.39 is 0 Å². The van der Waals surface area contributed by atoms with Crippen LogP contribution in [0, 0.1) is 12.7 Å². The Morgan fingerprint density at radius 3 is 2.24 bits per heavy atom. The van der Waals surface area contributed by atoms with Crippen LogP contribution in [-0.2, 0) is 6.54 Å². The van der Waals surface area contributed by atoms with Gasteiger partial charge in [-0.3, -0.25) is 0 Å². The summed E-state index contributed by atoms with van der Waals surface area (Å²) in [5.41, 5.74) is 2.31. The lowest BCUT2D eigenvalue weighted by Crippen LogP contribution is -2.42. The van der Waals surface area contributed by atoms with E-state index >= 15 is 0 Å². The molecule has 4 rings (SSSR count). The number of rotatable bonds is 6. The normalized spacial score (nSPS) is 14.3. The lowest BCUT2D eigenvalue weighted by atomic mass is 10.1. The maximum atomic E-state index is 13.4. The molecule has 1 heterocycles. The van der Waals surface area contributed by atoms with Gasteiger partial charge in [-0.25, -0.2) is 14.2 Å². The molecule has 34 heavy (non-hydrogen) atoms. The molecule has 1 N–H and O–H groups in total. The summed E-state index contributed by atoms with van der Waals surface area (Å²) in [6.07, 6.45) is 6.61. The molecule has 0 radical (unpaired) electrons. The van der Waals surface area contributed by atoms with Crippen molar-refractivity contribution >= 4 is 23.3 Å². The van der Waals surface area contributed by atoms with Crippen LogP contribution >= 0.6 is 11.6 Å². The number of hydrogen-bond acceptors (Lipinski definition) is 3. The first-order chi connectivity index (χ1) is 16.5. The minimum Gasteiger partial charge on any atom is -0.457 e. The largest absolute Gasteiger partial charge is 0.457 e. The number of halogens is 2. The molecule has 0 unspecified atom stereocenters. The Hall–Kier alpha value is -3.12. The number of aryl methyl sites for hydroxylation is 1. The van der Waals surface area contributed by atoms with Crippen molar-refractivity contribution in [2.45, 2.75) is 58.0 Å². The fourth-order valence-electron chi connectivity index (χ4n) is 4.24. The SMILES string of the molecule is Cc1ccc(NC(=O)N(Cc2ccc(Oc3ccc(F)cc3)cc2)C2CCCCCC2)c(Cl)n1. The summed E-state index contributed by atoms with van der Waals surface area (Å²) in [7, 11) is 0. The van der Waals surface area contributed by atoms with E-state index in [9.17, 15) is 9.18 Å². The van der Waals surface area contributed by atoms with Gasteiger partial charge in [0.25, 0.3) is 0 Å². The molecule has 0 saturated heterocycles. The van der Waals surface area contributed by atoms with Crippen molar-refractivity contribution < 1.29 is 13.9 Å². The summed E-state index contributed by atoms with van der Waals surface area (Å²) in [5.74, 6) is 0.915. The zero-order valence-electron chi connectivity index (χ0n) is 19.3. The summed E-state index contributed by atoms with van der Waals surface area (Å²) in [6.45, 7) is 2.34. The summed E-state index contributed by atoms with van der Waals surface area (Å²) in [4.78, 5) is 19.5.